The maximum Gasteiger partial charge on any atom is 0.416 e. The highest BCUT2D eigenvalue weighted by Gasteiger charge is 2.33. The maximum atomic E-state index is 13.5. The SMILES string of the molecule is Cc1ccc(CNC(=O)C2CCC(CN(Cc3ccc(C(F)(F)F)cc3)S(=O)(=O)c3ccccc3)CC2)cc1. The molecule has 0 radical (unpaired) electrons. The highest BCUT2D eigenvalue weighted by Crippen LogP contribution is 2.32. The number of halogens is 3. The molecule has 39 heavy (non-hydrogen) atoms. The predicted molar refractivity (Wildman–Crippen MR) is 144 cm³/mol. The van der Waals surface area contributed by atoms with Crippen LogP contribution in [0.3, 0.4) is 0 Å². The van der Waals surface area contributed by atoms with Gasteiger partial charge in [-0.05, 0) is 73.9 Å². The van der Waals surface area contributed by atoms with Gasteiger partial charge in [0.1, 0.15) is 0 Å². The van der Waals surface area contributed by atoms with Crippen molar-refractivity contribution in [3.63, 3.8) is 0 Å². The Labute approximate surface area is 228 Å². The number of aryl methyl sites for hydroxylation is 1. The van der Waals surface area contributed by atoms with E-state index < -0.39 is 21.8 Å². The van der Waals surface area contributed by atoms with Crippen molar-refractivity contribution in [1.82, 2.24) is 9.62 Å². The third-order valence-electron chi connectivity index (χ3n) is 7.29. The molecule has 1 amide bonds. The van der Waals surface area contributed by atoms with Gasteiger partial charge >= 0.3 is 6.18 Å². The van der Waals surface area contributed by atoms with Gasteiger partial charge < -0.3 is 5.32 Å². The zero-order valence-electron chi connectivity index (χ0n) is 21.8. The van der Waals surface area contributed by atoms with Gasteiger partial charge in [-0.15, -0.1) is 0 Å². The summed E-state index contributed by atoms with van der Waals surface area (Å²) in [5.74, 6) is -0.0765. The first-order chi connectivity index (χ1) is 18.5. The van der Waals surface area contributed by atoms with Crippen LogP contribution in [0.1, 0.15) is 47.9 Å². The Morgan fingerprint density at radius 1 is 0.872 bits per heavy atom. The lowest BCUT2D eigenvalue weighted by Gasteiger charge is -2.32. The standard InChI is InChI=1S/C30H33F3N2O3S/c1-22-7-9-23(10-8-22)19-34-29(36)26-15-11-24(12-16-26)20-35(39(37,38)28-5-3-2-4-6-28)21-25-13-17-27(18-14-25)30(31,32)33/h2-10,13-14,17-18,24,26H,11-12,15-16,19-21H2,1H3,(H,34,36). The van der Waals surface area contributed by atoms with E-state index >= 15 is 0 Å². The molecule has 0 unspecified atom stereocenters. The van der Waals surface area contributed by atoms with Gasteiger partial charge in [0.05, 0.1) is 10.5 Å². The monoisotopic (exact) mass is 558 g/mol. The van der Waals surface area contributed by atoms with E-state index in [1.807, 2.05) is 31.2 Å². The molecule has 0 atom stereocenters. The molecule has 0 spiro atoms. The van der Waals surface area contributed by atoms with Gasteiger partial charge in [-0.1, -0.05) is 60.2 Å². The summed E-state index contributed by atoms with van der Waals surface area (Å²) in [4.78, 5) is 12.9. The Balaban J connectivity index is 1.40. The second kappa shape index (κ2) is 12.3. The molecule has 1 aliphatic rings. The van der Waals surface area contributed by atoms with Gasteiger partial charge in [0.2, 0.25) is 15.9 Å². The molecule has 1 aliphatic carbocycles. The van der Waals surface area contributed by atoms with Crippen LogP contribution in [0.15, 0.2) is 83.8 Å². The van der Waals surface area contributed by atoms with Crippen LogP contribution in [0.4, 0.5) is 13.2 Å². The first-order valence-corrected chi connectivity index (χ1v) is 14.5. The quantitative estimate of drug-likeness (QED) is 0.334. The maximum absolute atomic E-state index is 13.5. The fraction of sp³-hybridized carbons (Fsp3) is 0.367. The molecule has 5 nitrogen and oxygen atoms in total. The molecular weight excluding hydrogens is 525 g/mol. The highest BCUT2D eigenvalue weighted by molar-refractivity contribution is 7.89. The highest BCUT2D eigenvalue weighted by atomic mass is 32.2. The van der Waals surface area contributed by atoms with E-state index in [0.29, 0.717) is 37.8 Å². The summed E-state index contributed by atoms with van der Waals surface area (Å²) < 4.78 is 67.4. The summed E-state index contributed by atoms with van der Waals surface area (Å²) in [6.07, 6.45) is -1.76. The molecule has 3 aromatic rings. The summed E-state index contributed by atoms with van der Waals surface area (Å²) in [6, 6.07) is 20.6. The largest absolute Gasteiger partial charge is 0.416 e. The number of benzene rings is 3. The Morgan fingerprint density at radius 2 is 1.46 bits per heavy atom. The van der Waals surface area contributed by atoms with Crippen molar-refractivity contribution < 1.29 is 26.4 Å². The van der Waals surface area contributed by atoms with Gasteiger partial charge in [0.25, 0.3) is 0 Å². The molecule has 0 aliphatic heterocycles. The molecule has 1 fully saturated rings. The van der Waals surface area contributed by atoms with Crippen LogP contribution < -0.4 is 5.32 Å². The van der Waals surface area contributed by atoms with Gasteiger partial charge in [-0.25, -0.2) is 8.42 Å². The van der Waals surface area contributed by atoms with Crippen molar-refractivity contribution in [2.75, 3.05) is 6.54 Å². The molecular formula is C30H33F3N2O3S. The Morgan fingerprint density at radius 3 is 2.05 bits per heavy atom. The van der Waals surface area contributed by atoms with Crippen LogP contribution in [0.5, 0.6) is 0 Å². The number of hydrogen-bond acceptors (Lipinski definition) is 3. The van der Waals surface area contributed by atoms with Crippen LogP contribution in [-0.2, 0) is 34.1 Å². The average molecular weight is 559 g/mol. The van der Waals surface area contributed by atoms with Gasteiger partial charge in [-0.2, -0.15) is 17.5 Å². The molecule has 4 rings (SSSR count). The number of nitrogens with zero attached hydrogens (tertiary/aromatic N) is 1. The van der Waals surface area contributed by atoms with Crippen molar-refractivity contribution in [3.8, 4) is 0 Å². The lowest BCUT2D eigenvalue weighted by molar-refractivity contribution is -0.137. The zero-order valence-corrected chi connectivity index (χ0v) is 22.6. The predicted octanol–water partition coefficient (Wildman–Crippen LogP) is 6.33. The van der Waals surface area contributed by atoms with E-state index in [1.165, 1.54) is 28.6 Å². The smallest absolute Gasteiger partial charge is 0.352 e. The van der Waals surface area contributed by atoms with E-state index in [4.69, 9.17) is 0 Å². The normalized spacial score (nSPS) is 18.2. The number of carbonyl (C=O) groups excluding carboxylic acids is 1. The van der Waals surface area contributed by atoms with Crippen LogP contribution in [0.25, 0.3) is 0 Å². The minimum Gasteiger partial charge on any atom is -0.352 e. The summed E-state index contributed by atoms with van der Waals surface area (Å²) in [5, 5.41) is 3.01. The van der Waals surface area contributed by atoms with E-state index in [1.54, 1.807) is 18.2 Å². The number of amides is 1. The van der Waals surface area contributed by atoms with Gasteiger partial charge in [0.15, 0.2) is 0 Å². The van der Waals surface area contributed by atoms with Crippen molar-refractivity contribution >= 4 is 15.9 Å². The third kappa shape index (κ3) is 7.70. The number of carbonyl (C=O) groups is 1. The minimum atomic E-state index is -4.46. The molecule has 0 aromatic heterocycles. The zero-order chi connectivity index (χ0) is 28.0. The van der Waals surface area contributed by atoms with E-state index in [-0.39, 0.29) is 35.7 Å². The molecule has 1 saturated carbocycles. The molecule has 1 N–H and O–H groups in total. The molecule has 0 heterocycles. The molecule has 208 valence electrons. The van der Waals surface area contributed by atoms with E-state index in [0.717, 1.165) is 23.3 Å². The molecule has 0 saturated heterocycles. The molecule has 3 aromatic carbocycles. The second-order valence-corrected chi connectivity index (χ2v) is 12.2. The second-order valence-electron chi connectivity index (χ2n) is 10.2. The number of sulfonamides is 1. The Bertz CT molecular complexity index is 1330. The van der Waals surface area contributed by atoms with Crippen molar-refractivity contribution in [1.29, 1.82) is 0 Å². The van der Waals surface area contributed by atoms with Gasteiger partial charge in [0, 0.05) is 25.6 Å². The van der Waals surface area contributed by atoms with Crippen LogP contribution in [0.2, 0.25) is 0 Å². The summed E-state index contributed by atoms with van der Waals surface area (Å²) in [5.41, 5.74) is 1.90. The average Bonchev–Trinajstić information content (AvgIpc) is 2.93. The minimum absolute atomic E-state index is 0.00698. The lowest BCUT2D eigenvalue weighted by Crippen LogP contribution is -2.38. The first kappa shape index (κ1) is 28.8. The van der Waals surface area contributed by atoms with Crippen molar-refractivity contribution in [2.45, 2.75) is 56.8 Å². The fourth-order valence-corrected chi connectivity index (χ4v) is 6.45. The topological polar surface area (TPSA) is 66.5 Å². The summed E-state index contributed by atoms with van der Waals surface area (Å²) in [7, 11) is -3.88. The van der Waals surface area contributed by atoms with Crippen molar-refractivity contribution in [3.05, 3.63) is 101 Å². The number of rotatable bonds is 9. The van der Waals surface area contributed by atoms with Crippen LogP contribution >= 0.6 is 0 Å². The number of alkyl halides is 3. The summed E-state index contributed by atoms with van der Waals surface area (Å²) in [6.45, 7) is 2.67. The molecule has 0 bridgehead atoms. The number of hydrogen-bond donors (Lipinski definition) is 1. The van der Waals surface area contributed by atoms with Crippen molar-refractivity contribution in [2.24, 2.45) is 11.8 Å². The van der Waals surface area contributed by atoms with E-state index in [2.05, 4.69) is 5.32 Å². The Kier molecular flexibility index (Phi) is 9.12. The first-order valence-electron chi connectivity index (χ1n) is 13.1. The third-order valence-corrected chi connectivity index (χ3v) is 9.11. The van der Waals surface area contributed by atoms with Gasteiger partial charge in [-0.3, -0.25) is 4.79 Å². The van der Waals surface area contributed by atoms with Crippen LogP contribution in [-0.4, -0.2) is 25.2 Å². The summed E-state index contributed by atoms with van der Waals surface area (Å²) >= 11 is 0. The van der Waals surface area contributed by atoms with E-state index in [9.17, 15) is 26.4 Å². The Hall–Kier alpha value is -3.17. The fourth-order valence-electron chi connectivity index (χ4n) is 4.93. The van der Waals surface area contributed by atoms with Crippen LogP contribution in [0, 0.1) is 18.8 Å². The number of nitrogens with one attached hydrogen (secondary N) is 1. The lowest BCUT2D eigenvalue weighted by atomic mass is 9.81. The molecule has 9 heteroatoms.